The van der Waals surface area contributed by atoms with Gasteiger partial charge in [-0.2, -0.15) is 0 Å². The lowest BCUT2D eigenvalue weighted by Crippen LogP contribution is -2.47. The summed E-state index contributed by atoms with van der Waals surface area (Å²) in [5.41, 5.74) is 0.198. The molecule has 3 rings (SSSR count). The predicted molar refractivity (Wildman–Crippen MR) is 74.0 cm³/mol. The molecule has 1 aromatic heterocycles. The Balaban J connectivity index is 1.71. The molecular formula is C13H14Cl2N2O3. The number of hydrogen-bond acceptors (Lipinski definition) is 4. The van der Waals surface area contributed by atoms with E-state index in [-0.39, 0.29) is 16.8 Å². The van der Waals surface area contributed by atoms with E-state index in [2.05, 4.69) is 4.98 Å². The molecule has 108 valence electrons. The van der Waals surface area contributed by atoms with Crippen LogP contribution in [0.2, 0.25) is 10.2 Å². The lowest BCUT2D eigenvalue weighted by Gasteiger charge is -2.37. The van der Waals surface area contributed by atoms with E-state index >= 15 is 0 Å². The molecule has 1 amide bonds. The zero-order valence-corrected chi connectivity index (χ0v) is 12.3. The van der Waals surface area contributed by atoms with Crippen LogP contribution in [0.3, 0.4) is 0 Å². The van der Waals surface area contributed by atoms with E-state index in [9.17, 15) is 4.79 Å². The molecule has 0 aliphatic carbocycles. The van der Waals surface area contributed by atoms with Crippen molar-refractivity contribution >= 4 is 29.1 Å². The van der Waals surface area contributed by atoms with Crippen LogP contribution < -0.4 is 0 Å². The van der Waals surface area contributed by atoms with Gasteiger partial charge >= 0.3 is 0 Å². The Morgan fingerprint density at radius 1 is 1.20 bits per heavy atom. The predicted octanol–water partition coefficient (Wildman–Crippen LogP) is 2.37. The summed E-state index contributed by atoms with van der Waals surface area (Å²) in [5, 5.41) is 0.571. The summed E-state index contributed by atoms with van der Waals surface area (Å²) in [7, 11) is 0. The van der Waals surface area contributed by atoms with Gasteiger partial charge in [0, 0.05) is 25.9 Å². The number of ether oxygens (including phenoxy) is 2. The summed E-state index contributed by atoms with van der Waals surface area (Å²) >= 11 is 11.8. The van der Waals surface area contributed by atoms with E-state index < -0.39 is 5.79 Å². The van der Waals surface area contributed by atoms with Crippen molar-refractivity contribution in [2.75, 3.05) is 26.3 Å². The van der Waals surface area contributed by atoms with Crippen LogP contribution in [-0.4, -0.2) is 47.9 Å². The molecule has 0 radical (unpaired) electrons. The average Bonchev–Trinajstić information content (AvgIpc) is 2.90. The van der Waals surface area contributed by atoms with Crippen LogP contribution >= 0.6 is 23.2 Å². The summed E-state index contributed by atoms with van der Waals surface area (Å²) in [6, 6.07) is 3.14. The monoisotopic (exact) mass is 316 g/mol. The van der Waals surface area contributed by atoms with Gasteiger partial charge in [-0.3, -0.25) is 4.79 Å². The Bertz CT molecular complexity index is 522. The van der Waals surface area contributed by atoms with Gasteiger partial charge in [0.15, 0.2) is 5.79 Å². The number of rotatable bonds is 1. The zero-order chi connectivity index (χ0) is 14.2. The van der Waals surface area contributed by atoms with Gasteiger partial charge in [0.25, 0.3) is 5.91 Å². The third-order valence-electron chi connectivity index (χ3n) is 3.64. The molecular weight excluding hydrogens is 303 g/mol. The highest BCUT2D eigenvalue weighted by Crippen LogP contribution is 2.32. The Hall–Kier alpha value is -0.880. The normalized spacial score (nSPS) is 21.4. The van der Waals surface area contributed by atoms with Gasteiger partial charge in [-0.1, -0.05) is 23.2 Å². The number of carbonyl (C=O) groups excluding carboxylic acids is 1. The Morgan fingerprint density at radius 3 is 2.50 bits per heavy atom. The minimum atomic E-state index is -0.498. The zero-order valence-electron chi connectivity index (χ0n) is 10.8. The molecule has 0 aromatic carbocycles. The number of piperidine rings is 1. The number of halogens is 2. The van der Waals surface area contributed by atoms with E-state index in [1.807, 2.05) is 0 Å². The maximum atomic E-state index is 12.4. The number of nitrogens with zero attached hydrogens (tertiary/aromatic N) is 2. The van der Waals surface area contributed by atoms with Crippen LogP contribution in [0.1, 0.15) is 23.3 Å². The molecule has 1 spiro atoms. The molecule has 20 heavy (non-hydrogen) atoms. The molecule has 5 nitrogen and oxygen atoms in total. The molecule has 2 aliphatic rings. The summed E-state index contributed by atoms with van der Waals surface area (Å²) in [5.74, 6) is -0.701. The fourth-order valence-corrected chi connectivity index (χ4v) is 2.89. The second kappa shape index (κ2) is 5.48. The van der Waals surface area contributed by atoms with Gasteiger partial charge in [-0.15, -0.1) is 0 Å². The molecule has 2 saturated heterocycles. The molecule has 7 heteroatoms. The average molecular weight is 317 g/mol. The third kappa shape index (κ3) is 2.63. The summed E-state index contributed by atoms with van der Waals surface area (Å²) in [6.07, 6.45) is 1.33. The van der Waals surface area contributed by atoms with Crippen LogP contribution in [-0.2, 0) is 9.47 Å². The highest BCUT2D eigenvalue weighted by Gasteiger charge is 2.41. The fourth-order valence-electron chi connectivity index (χ4n) is 2.55. The van der Waals surface area contributed by atoms with Crippen molar-refractivity contribution in [2.24, 2.45) is 0 Å². The van der Waals surface area contributed by atoms with Gasteiger partial charge in [-0.25, -0.2) is 4.98 Å². The second-order valence-electron chi connectivity index (χ2n) is 4.86. The Kier molecular flexibility index (Phi) is 3.86. The molecule has 1 aromatic rings. The quantitative estimate of drug-likeness (QED) is 0.746. The third-order valence-corrected chi connectivity index (χ3v) is 4.16. The number of carbonyl (C=O) groups is 1. The van der Waals surface area contributed by atoms with E-state index in [1.54, 1.807) is 17.0 Å². The second-order valence-corrected chi connectivity index (χ2v) is 5.66. The number of pyridine rings is 1. The first-order valence-electron chi connectivity index (χ1n) is 6.49. The van der Waals surface area contributed by atoms with Gasteiger partial charge in [0.05, 0.1) is 18.2 Å². The lowest BCUT2D eigenvalue weighted by molar-refractivity contribution is -0.181. The molecule has 0 bridgehead atoms. The van der Waals surface area contributed by atoms with Crippen LogP contribution in [0.5, 0.6) is 0 Å². The van der Waals surface area contributed by atoms with Gasteiger partial charge in [-0.05, 0) is 12.1 Å². The van der Waals surface area contributed by atoms with E-state index in [0.29, 0.717) is 44.2 Å². The van der Waals surface area contributed by atoms with Crippen molar-refractivity contribution in [3.05, 3.63) is 28.0 Å². The number of likely N-dealkylation sites (tertiary alicyclic amines) is 1. The first kappa shape index (κ1) is 14.1. The topological polar surface area (TPSA) is 51.7 Å². The van der Waals surface area contributed by atoms with Crippen molar-refractivity contribution in [3.63, 3.8) is 0 Å². The number of aromatic nitrogens is 1. The van der Waals surface area contributed by atoms with Crippen LogP contribution in [0.4, 0.5) is 0 Å². The van der Waals surface area contributed by atoms with E-state index in [0.717, 1.165) is 0 Å². The van der Waals surface area contributed by atoms with Crippen molar-refractivity contribution < 1.29 is 14.3 Å². The maximum absolute atomic E-state index is 12.4. The number of amides is 1. The molecule has 2 aliphatic heterocycles. The minimum absolute atomic E-state index is 0.198. The standard InChI is InChI=1S/C13H14Cl2N2O3/c14-9-1-2-10(15)16-11(9)12(18)17-5-3-13(4-6-17)19-7-8-20-13/h1-2H,3-8H2. The van der Waals surface area contributed by atoms with Crippen molar-refractivity contribution in [2.45, 2.75) is 18.6 Å². The van der Waals surface area contributed by atoms with E-state index in [4.69, 9.17) is 32.7 Å². The van der Waals surface area contributed by atoms with Crippen LogP contribution in [0, 0.1) is 0 Å². The first-order valence-corrected chi connectivity index (χ1v) is 7.24. The molecule has 0 N–H and O–H groups in total. The van der Waals surface area contributed by atoms with Gasteiger partial charge in [0.2, 0.25) is 0 Å². The highest BCUT2D eigenvalue weighted by atomic mass is 35.5. The molecule has 2 fully saturated rings. The summed E-state index contributed by atoms with van der Waals surface area (Å²) < 4.78 is 11.3. The van der Waals surface area contributed by atoms with Gasteiger partial charge < -0.3 is 14.4 Å². The molecule has 0 saturated carbocycles. The van der Waals surface area contributed by atoms with Crippen molar-refractivity contribution in [1.29, 1.82) is 0 Å². The summed E-state index contributed by atoms with van der Waals surface area (Å²) in [4.78, 5) is 18.1. The minimum Gasteiger partial charge on any atom is -0.347 e. The van der Waals surface area contributed by atoms with Crippen molar-refractivity contribution in [3.8, 4) is 0 Å². The Morgan fingerprint density at radius 2 is 1.85 bits per heavy atom. The first-order chi connectivity index (χ1) is 9.60. The smallest absolute Gasteiger partial charge is 0.274 e. The molecule has 3 heterocycles. The summed E-state index contributed by atoms with van der Waals surface area (Å²) in [6.45, 7) is 2.36. The van der Waals surface area contributed by atoms with Crippen LogP contribution in [0.15, 0.2) is 12.1 Å². The van der Waals surface area contributed by atoms with Crippen LogP contribution in [0.25, 0.3) is 0 Å². The maximum Gasteiger partial charge on any atom is 0.274 e. The van der Waals surface area contributed by atoms with Crippen molar-refractivity contribution in [1.82, 2.24) is 9.88 Å². The van der Waals surface area contributed by atoms with E-state index in [1.165, 1.54) is 0 Å². The fraction of sp³-hybridized carbons (Fsp3) is 0.538. The Labute approximate surface area is 126 Å². The largest absolute Gasteiger partial charge is 0.347 e. The highest BCUT2D eigenvalue weighted by molar-refractivity contribution is 6.34. The molecule has 0 atom stereocenters. The SMILES string of the molecule is O=C(c1nc(Cl)ccc1Cl)N1CCC2(CC1)OCCO2. The molecule has 0 unspecified atom stereocenters. The number of hydrogen-bond donors (Lipinski definition) is 0. The lowest BCUT2D eigenvalue weighted by atomic mass is 10.0. The van der Waals surface area contributed by atoms with Gasteiger partial charge in [0.1, 0.15) is 10.8 Å².